The van der Waals surface area contributed by atoms with Crippen LogP contribution >= 0.6 is 0 Å². The van der Waals surface area contributed by atoms with Gasteiger partial charge in [0.1, 0.15) is 11.6 Å². The van der Waals surface area contributed by atoms with E-state index in [0.29, 0.717) is 11.3 Å². The van der Waals surface area contributed by atoms with Gasteiger partial charge in [-0.3, -0.25) is 0 Å². The van der Waals surface area contributed by atoms with Gasteiger partial charge in [0.05, 0.1) is 6.10 Å². The minimum absolute atomic E-state index is 0.0769. The van der Waals surface area contributed by atoms with Gasteiger partial charge in [-0.15, -0.1) is 0 Å². The second-order valence-corrected chi connectivity index (χ2v) is 4.41. The number of rotatable bonds is 3. The second kappa shape index (κ2) is 4.65. The van der Waals surface area contributed by atoms with Gasteiger partial charge >= 0.3 is 0 Å². The number of ether oxygens (including phenoxy) is 1. The van der Waals surface area contributed by atoms with Gasteiger partial charge in [-0.2, -0.15) is 0 Å². The van der Waals surface area contributed by atoms with Crippen molar-refractivity contribution in [2.24, 2.45) is 0 Å². The van der Waals surface area contributed by atoms with Crippen molar-refractivity contribution in [2.75, 3.05) is 0 Å². The highest BCUT2D eigenvalue weighted by molar-refractivity contribution is 5.39. The zero-order chi connectivity index (χ0) is 11.6. The molecule has 1 rings (SSSR count). The first-order valence-electron chi connectivity index (χ1n) is 5.39. The summed E-state index contributed by atoms with van der Waals surface area (Å²) < 4.78 is 19.4. The Kier molecular flexibility index (Phi) is 3.72. The largest absolute Gasteiger partial charge is 0.491 e. The summed E-state index contributed by atoms with van der Waals surface area (Å²) in [6.45, 7) is 9.61. The predicted octanol–water partition coefficient (Wildman–Crippen LogP) is 4.04. The maximum absolute atomic E-state index is 13.9. The lowest BCUT2D eigenvalue weighted by Crippen LogP contribution is -2.08. The molecule has 0 N–H and O–H groups in total. The molecule has 0 aliphatic carbocycles. The van der Waals surface area contributed by atoms with E-state index in [1.54, 1.807) is 6.92 Å². The maximum Gasteiger partial charge on any atom is 0.133 e. The molecular weight excluding hydrogens is 191 g/mol. The Hall–Kier alpha value is -1.05. The van der Waals surface area contributed by atoms with E-state index in [0.717, 1.165) is 5.56 Å². The highest BCUT2D eigenvalue weighted by atomic mass is 19.1. The summed E-state index contributed by atoms with van der Waals surface area (Å²) in [7, 11) is 0. The molecule has 1 aromatic rings. The summed E-state index contributed by atoms with van der Waals surface area (Å²) in [5.41, 5.74) is 1.36. The van der Waals surface area contributed by atoms with E-state index in [2.05, 4.69) is 0 Å². The summed E-state index contributed by atoms with van der Waals surface area (Å²) >= 11 is 0. The van der Waals surface area contributed by atoms with Crippen LogP contribution in [0, 0.1) is 12.7 Å². The lowest BCUT2D eigenvalue weighted by molar-refractivity contribution is 0.239. The van der Waals surface area contributed by atoms with Crippen molar-refractivity contribution in [1.29, 1.82) is 0 Å². The topological polar surface area (TPSA) is 9.23 Å². The molecule has 0 aliphatic rings. The van der Waals surface area contributed by atoms with Crippen LogP contribution < -0.4 is 4.74 Å². The van der Waals surface area contributed by atoms with E-state index >= 15 is 0 Å². The molecule has 0 bridgehead atoms. The summed E-state index contributed by atoms with van der Waals surface area (Å²) in [5.74, 6) is 0.715. The molecular formula is C13H19FO. The number of benzene rings is 1. The summed E-state index contributed by atoms with van der Waals surface area (Å²) in [6, 6.07) is 3.67. The normalized spacial score (nSPS) is 11.2. The van der Waals surface area contributed by atoms with Crippen molar-refractivity contribution in [1.82, 2.24) is 0 Å². The third-order valence-corrected chi connectivity index (χ3v) is 2.35. The van der Waals surface area contributed by atoms with Crippen LogP contribution in [0.5, 0.6) is 5.75 Å². The van der Waals surface area contributed by atoms with E-state index in [4.69, 9.17) is 4.74 Å². The van der Waals surface area contributed by atoms with Gasteiger partial charge in [-0.25, -0.2) is 4.39 Å². The van der Waals surface area contributed by atoms with Crippen molar-refractivity contribution in [2.45, 2.75) is 46.6 Å². The van der Waals surface area contributed by atoms with Gasteiger partial charge in [-0.1, -0.05) is 19.9 Å². The van der Waals surface area contributed by atoms with E-state index < -0.39 is 0 Å². The lowest BCUT2D eigenvalue weighted by atomic mass is 10.00. The average Bonchev–Trinajstić information content (AvgIpc) is 2.12. The zero-order valence-corrected chi connectivity index (χ0v) is 10.1. The van der Waals surface area contributed by atoms with Crippen LogP contribution in [-0.4, -0.2) is 6.10 Å². The molecule has 0 radical (unpaired) electrons. The van der Waals surface area contributed by atoms with Gasteiger partial charge in [-0.05, 0) is 38.3 Å². The van der Waals surface area contributed by atoms with Crippen molar-refractivity contribution >= 4 is 0 Å². The van der Waals surface area contributed by atoms with Crippen LogP contribution in [0.3, 0.4) is 0 Å². The lowest BCUT2D eigenvalue weighted by Gasteiger charge is -2.15. The van der Waals surface area contributed by atoms with E-state index in [-0.39, 0.29) is 17.8 Å². The zero-order valence-electron chi connectivity index (χ0n) is 10.1. The Balaban J connectivity index is 3.10. The fraction of sp³-hybridized carbons (Fsp3) is 0.538. The van der Waals surface area contributed by atoms with E-state index in [1.165, 1.54) is 0 Å². The standard InChI is InChI=1S/C13H19FO/c1-8(2)11-6-7-12(15-9(3)4)10(5)13(11)14/h6-9H,1-5H3. The molecule has 0 aromatic heterocycles. The van der Waals surface area contributed by atoms with Crippen LogP contribution in [0.25, 0.3) is 0 Å². The third-order valence-electron chi connectivity index (χ3n) is 2.35. The quantitative estimate of drug-likeness (QED) is 0.731. The van der Waals surface area contributed by atoms with Crippen LogP contribution in [0.2, 0.25) is 0 Å². The van der Waals surface area contributed by atoms with Crippen LogP contribution in [0.1, 0.15) is 44.7 Å². The molecule has 0 fully saturated rings. The fourth-order valence-electron chi connectivity index (χ4n) is 1.52. The van der Waals surface area contributed by atoms with Crippen molar-refractivity contribution in [3.05, 3.63) is 29.1 Å². The van der Waals surface area contributed by atoms with Gasteiger partial charge in [0.2, 0.25) is 0 Å². The number of hydrogen-bond donors (Lipinski definition) is 0. The maximum atomic E-state index is 13.9. The second-order valence-electron chi connectivity index (χ2n) is 4.41. The fourth-order valence-corrected chi connectivity index (χ4v) is 1.52. The third kappa shape index (κ3) is 2.71. The molecule has 0 amide bonds. The molecule has 0 saturated carbocycles. The molecule has 84 valence electrons. The van der Waals surface area contributed by atoms with Crippen LogP contribution in [0.15, 0.2) is 12.1 Å². The van der Waals surface area contributed by atoms with Crippen LogP contribution in [0.4, 0.5) is 4.39 Å². The summed E-state index contributed by atoms with van der Waals surface area (Å²) in [5, 5.41) is 0. The summed E-state index contributed by atoms with van der Waals surface area (Å²) in [6.07, 6.45) is 0.0769. The minimum Gasteiger partial charge on any atom is -0.491 e. The Morgan fingerprint density at radius 2 is 1.73 bits per heavy atom. The van der Waals surface area contributed by atoms with Gasteiger partial charge < -0.3 is 4.74 Å². The Morgan fingerprint density at radius 1 is 1.13 bits per heavy atom. The molecule has 0 spiro atoms. The number of halogens is 1. The SMILES string of the molecule is Cc1c(OC(C)C)ccc(C(C)C)c1F. The Morgan fingerprint density at radius 3 is 2.20 bits per heavy atom. The monoisotopic (exact) mass is 210 g/mol. The van der Waals surface area contributed by atoms with E-state index in [9.17, 15) is 4.39 Å². The highest BCUT2D eigenvalue weighted by Crippen LogP contribution is 2.28. The Bertz CT molecular complexity index is 343. The molecule has 0 aliphatic heterocycles. The van der Waals surface area contributed by atoms with Crippen molar-refractivity contribution < 1.29 is 9.13 Å². The Labute approximate surface area is 91.3 Å². The first-order valence-corrected chi connectivity index (χ1v) is 5.39. The average molecular weight is 210 g/mol. The first kappa shape index (κ1) is 12.0. The predicted molar refractivity (Wildman–Crippen MR) is 61.0 cm³/mol. The number of hydrogen-bond acceptors (Lipinski definition) is 1. The van der Waals surface area contributed by atoms with Gasteiger partial charge in [0.25, 0.3) is 0 Å². The minimum atomic E-state index is -0.136. The molecule has 0 unspecified atom stereocenters. The molecule has 15 heavy (non-hydrogen) atoms. The summed E-state index contributed by atoms with van der Waals surface area (Å²) in [4.78, 5) is 0. The van der Waals surface area contributed by atoms with Crippen molar-refractivity contribution in [3.8, 4) is 5.75 Å². The molecule has 0 heterocycles. The molecule has 1 nitrogen and oxygen atoms in total. The molecule has 1 aromatic carbocycles. The van der Waals surface area contributed by atoms with Crippen LogP contribution in [-0.2, 0) is 0 Å². The highest BCUT2D eigenvalue weighted by Gasteiger charge is 2.13. The molecule has 0 atom stereocenters. The van der Waals surface area contributed by atoms with Crippen molar-refractivity contribution in [3.63, 3.8) is 0 Å². The van der Waals surface area contributed by atoms with Gasteiger partial charge in [0, 0.05) is 5.56 Å². The first-order chi connectivity index (χ1) is 6.93. The molecule has 2 heteroatoms. The van der Waals surface area contributed by atoms with E-state index in [1.807, 2.05) is 39.8 Å². The van der Waals surface area contributed by atoms with Gasteiger partial charge in [0.15, 0.2) is 0 Å². The smallest absolute Gasteiger partial charge is 0.133 e. The molecule has 0 saturated heterocycles.